The molecule has 1 heterocycles. The molecule has 0 saturated carbocycles. The summed E-state index contributed by atoms with van der Waals surface area (Å²) in [6.07, 6.45) is 3.61. The normalized spacial score (nSPS) is 15.8. The number of ketones is 1. The fourth-order valence-electron chi connectivity index (χ4n) is 3.80. The van der Waals surface area contributed by atoms with Crippen LogP contribution >= 0.6 is 31.9 Å². The zero-order chi connectivity index (χ0) is 25.7. The Hall–Kier alpha value is -2.69. The van der Waals surface area contributed by atoms with E-state index in [9.17, 15) is 4.79 Å². The Kier molecular flexibility index (Phi) is 9.09. The third-order valence-electron chi connectivity index (χ3n) is 5.47. The minimum absolute atomic E-state index is 0.0787. The average molecular weight is 613 g/mol. The third-order valence-corrected chi connectivity index (χ3v) is 7.10. The summed E-state index contributed by atoms with van der Waals surface area (Å²) >= 11 is 7.14. The van der Waals surface area contributed by atoms with Gasteiger partial charge in [0.15, 0.2) is 28.8 Å². The number of hydrogen-bond acceptors (Lipinski definition) is 8. The van der Waals surface area contributed by atoms with Gasteiger partial charge in [-0.25, -0.2) is 0 Å². The van der Waals surface area contributed by atoms with Crippen molar-refractivity contribution in [3.05, 3.63) is 43.4 Å². The number of hydrogen-bond donors (Lipinski definition) is 1. The molecule has 1 saturated heterocycles. The molecule has 0 spiro atoms. The molecule has 35 heavy (non-hydrogen) atoms. The number of rotatable bonds is 8. The van der Waals surface area contributed by atoms with Crippen molar-refractivity contribution in [3.63, 3.8) is 0 Å². The lowest BCUT2D eigenvalue weighted by atomic mass is 9.95. The predicted octanol–water partition coefficient (Wildman–Crippen LogP) is 4.90. The van der Waals surface area contributed by atoms with Crippen molar-refractivity contribution in [2.75, 3.05) is 55.7 Å². The van der Waals surface area contributed by atoms with E-state index < -0.39 is 0 Å². The fraction of sp³-hybridized carbons (Fsp3) is 0.320. The van der Waals surface area contributed by atoms with E-state index in [1.54, 1.807) is 52.7 Å². The second-order valence-electron chi connectivity index (χ2n) is 7.37. The molecule has 0 atom stereocenters. The van der Waals surface area contributed by atoms with Crippen molar-refractivity contribution < 1.29 is 33.2 Å². The van der Waals surface area contributed by atoms with Gasteiger partial charge in [-0.1, -0.05) is 0 Å². The highest BCUT2D eigenvalue weighted by molar-refractivity contribution is 9.11. The largest absolute Gasteiger partial charge is 0.493 e. The molecular formula is C25H27Br2NO7. The van der Waals surface area contributed by atoms with Gasteiger partial charge in [0.25, 0.3) is 0 Å². The van der Waals surface area contributed by atoms with Crippen LogP contribution in [0, 0.1) is 0 Å². The third kappa shape index (κ3) is 5.29. The summed E-state index contributed by atoms with van der Waals surface area (Å²) in [5.74, 6) is 2.79. The van der Waals surface area contributed by atoms with Crippen molar-refractivity contribution in [3.8, 4) is 34.5 Å². The Labute approximate surface area is 221 Å². The molecule has 0 amide bonds. The molecular weight excluding hydrogens is 586 g/mol. The van der Waals surface area contributed by atoms with Gasteiger partial charge in [-0.3, -0.25) is 4.79 Å². The van der Waals surface area contributed by atoms with Gasteiger partial charge in [-0.05, 0) is 67.3 Å². The van der Waals surface area contributed by atoms with Crippen LogP contribution in [0.15, 0.2) is 32.2 Å². The SMILES string of the molecule is COc1cc(/C=C2\CNC/C(=C\c3cc(OC)c(OC)c(OC)c3Br)C2=O)c(Br)c(OC)c1OC. The molecule has 8 nitrogen and oxygen atoms in total. The number of halogens is 2. The summed E-state index contributed by atoms with van der Waals surface area (Å²) < 4.78 is 34.1. The Bertz CT molecular complexity index is 1100. The van der Waals surface area contributed by atoms with Crippen LogP contribution in [0.3, 0.4) is 0 Å². The lowest BCUT2D eigenvalue weighted by molar-refractivity contribution is -0.112. The van der Waals surface area contributed by atoms with E-state index in [1.165, 1.54) is 14.2 Å². The van der Waals surface area contributed by atoms with Crippen LogP contribution in [0.25, 0.3) is 12.2 Å². The summed E-state index contributed by atoms with van der Waals surface area (Å²) in [6.45, 7) is 0.825. The van der Waals surface area contributed by atoms with Crippen molar-refractivity contribution in [2.45, 2.75) is 0 Å². The Balaban J connectivity index is 2.07. The monoisotopic (exact) mass is 611 g/mol. The molecule has 1 aliphatic rings. The van der Waals surface area contributed by atoms with Gasteiger partial charge in [-0.2, -0.15) is 0 Å². The van der Waals surface area contributed by atoms with E-state index in [0.29, 0.717) is 67.7 Å². The van der Waals surface area contributed by atoms with Crippen LogP contribution in [-0.2, 0) is 4.79 Å². The number of ether oxygens (including phenoxy) is 6. The summed E-state index contributed by atoms with van der Waals surface area (Å²) in [5.41, 5.74) is 2.61. The summed E-state index contributed by atoms with van der Waals surface area (Å²) in [6, 6.07) is 3.58. The van der Waals surface area contributed by atoms with Gasteiger partial charge in [0, 0.05) is 24.2 Å². The van der Waals surface area contributed by atoms with Crippen LogP contribution in [0.1, 0.15) is 11.1 Å². The van der Waals surface area contributed by atoms with Crippen LogP contribution in [0.2, 0.25) is 0 Å². The topological polar surface area (TPSA) is 84.5 Å². The quantitative estimate of drug-likeness (QED) is 0.422. The molecule has 1 N–H and O–H groups in total. The standard InChI is InChI=1S/C25H27Br2NO7/c1-30-17-9-13(19(26)24(34-5)22(17)32-3)7-15-11-28-12-16(21(15)29)8-14-10-18(31-2)23(33-4)25(35-6)20(14)27/h7-10,28H,11-12H2,1-6H3/b15-7+,16-8+. The second kappa shape index (κ2) is 11.8. The zero-order valence-corrected chi connectivity index (χ0v) is 23.5. The number of Topliss-reactive ketones (excluding diaryl/α,β-unsaturated/α-hetero) is 1. The van der Waals surface area contributed by atoms with E-state index in [-0.39, 0.29) is 5.78 Å². The molecule has 188 valence electrons. The zero-order valence-electron chi connectivity index (χ0n) is 20.3. The van der Waals surface area contributed by atoms with Crippen molar-refractivity contribution in [2.24, 2.45) is 0 Å². The number of methoxy groups -OCH3 is 6. The minimum Gasteiger partial charge on any atom is -0.493 e. The van der Waals surface area contributed by atoms with E-state index >= 15 is 0 Å². The number of carbonyl (C=O) groups is 1. The Morgan fingerprint density at radius 3 is 1.34 bits per heavy atom. The van der Waals surface area contributed by atoms with E-state index in [0.717, 1.165) is 11.1 Å². The second-order valence-corrected chi connectivity index (χ2v) is 8.95. The van der Waals surface area contributed by atoms with E-state index in [2.05, 4.69) is 37.2 Å². The predicted molar refractivity (Wildman–Crippen MR) is 141 cm³/mol. The smallest absolute Gasteiger partial charge is 0.204 e. The lowest BCUT2D eigenvalue weighted by Crippen LogP contribution is -2.32. The maximum atomic E-state index is 13.4. The van der Waals surface area contributed by atoms with Crippen LogP contribution in [-0.4, -0.2) is 61.5 Å². The van der Waals surface area contributed by atoms with Gasteiger partial charge in [0.1, 0.15) is 0 Å². The molecule has 0 aliphatic carbocycles. The molecule has 1 fully saturated rings. The highest BCUT2D eigenvalue weighted by Gasteiger charge is 2.25. The van der Waals surface area contributed by atoms with Crippen LogP contribution < -0.4 is 33.7 Å². The number of benzene rings is 2. The van der Waals surface area contributed by atoms with Crippen molar-refractivity contribution >= 4 is 49.8 Å². The highest BCUT2D eigenvalue weighted by Crippen LogP contribution is 2.46. The summed E-state index contributed by atoms with van der Waals surface area (Å²) in [5, 5.41) is 3.29. The first-order valence-corrected chi connectivity index (χ1v) is 12.1. The maximum absolute atomic E-state index is 13.4. The molecule has 10 heteroatoms. The number of nitrogens with one attached hydrogen (secondary N) is 1. The molecule has 0 unspecified atom stereocenters. The summed E-state index contributed by atoms with van der Waals surface area (Å²) in [7, 11) is 9.26. The van der Waals surface area contributed by atoms with Gasteiger partial charge in [0.05, 0.1) is 51.6 Å². The summed E-state index contributed by atoms with van der Waals surface area (Å²) in [4.78, 5) is 13.4. The molecule has 0 radical (unpaired) electrons. The first kappa shape index (κ1) is 26.9. The van der Waals surface area contributed by atoms with Crippen LogP contribution in [0.5, 0.6) is 34.5 Å². The Morgan fingerprint density at radius 1 is 0.657 bits per heavy atom. The molecule has 1 aliphatic heterocycles. The van der Waals surface area contributed by atoms with Gasteiger partial charge < -0.3 is 33.7 Å². The molecule has 0 aromatic heterocycles. The molecule has 2 aromatic carbocycles. The van der Waals surface area contributed by atoms with E-state index in [1.807, 2.05) is 0 Å². The number of piperidine rings is 1. The number of carbonyl (C=O) groups excluding carboxylic acids is 1. The highest BCUT2D eigenvalue weighted by atomic mass is 79.9. The van der Waals surface area contributed by atoms with Crippen LogP contribution in [0.4, 0.5) is 0 Å². The van der Waals surface area contributed by atoms with Crippen molar-refractivity contribution in [1.29, 1.82) is 0 Å². The van der Waals surface area contributed by atoms with E-state index in [4.69, 9.17) is 28.4 Å². The molecule has 2 aromatic rings. The molecule has 0 bridgehead atoms. The first-order valence-electron chi connectivity index (χ1n) is 10.5. The maximum Gasteiger partial charge on any atom is 0.204 e. The van der Waals surface area contributed by atoms with Gasteiger partial charge in [-0.15, -0.1) is 0 Å². The van der Waals surface area contributed by atoms with Crippen molar-refractivity contribution in [1.82, 2.24) is 5.32 Å². The average Bonchev–Trinajstić information content (AvgIpc) is 2.87. The van der Waals surface area contributed by atoms with Gasteiger partial charge in [0.2, 0.25) is 11.5 Å². The van der Waals surface area contributed by atoms with Gasteiger partial charge >= 0.3 is 0 Å². The lowest BCUT2D eigenvalue weighted by Gasteiger charge is -2.20. The fourth-order valence-corrected chi connectivity index (χ4v) is 4.94. The molecule has 3 rings (SSSR count). The minimum atomic E-state index is -0.0787. The Morgan fingerprint density at radius 2 is 1.03 bits per heavy atom. The first-order chi connectivity index (χ1) is 16.8.